The van der Waals surface area contributed by atoms with Gasteiger partial charge < -0.3 is 20.5 Å². The lowest BCUT2D eigenvalue weighted by molar-refractivity contribution is 0.102. The highest BCUT2D eigenvalue weighted by Crippen LogP contribution is 2.28. The molecule has 0 aliphatic heterocycles. The summed E-state index contributed by atoms with van der Waals surface area (Å²) in [6.45, 7) is 0. The Morgan fingerprint density at radius 2 is 1.90 bits per heavy atom. The molecule has 3 N–H and O–H groups in total. The Bertz CT molecular complexity index is 674. The summed E-state index contributed by atoms with van der Waals surface area (Å²) >= 11 is 3.39. The molecular weight excluding hydrogens is 336 g/mol. The SMILES string of the molecule is COc1ccc(Br)c(NC(=O)c2ccc(N)c(OC)c2)c1. The fourth-order valence-corrected chi connectivity index (χ4v) is 2.12. The topological polar surface area (TPSA) is 73.6 Å². The van der Waals surface area contributed by atoms with Crippen LogP contribution < -0.4 is 20.5 Å². The van der Waals surface area contributed by atoms with Gasteiger partial charge in [-0.05, 0) is 46.3 Å². The van der Waals surface area contributed by atoms with E-state index in [1.807, 2.05) is 0 Å². The Labute approximate surface area is 131 Å². The number of nitrogen functional groups attached to an aromatic ring is 1. The van der Waals surface area contributed by atoms with Crippen molar-refractivity contribution in [2.24, 2.45) is 0 Å². The molecule has 0 bridgehead atoms. The number of rotatable bonds is 4. The summed E-state index contributed by atoms with van der Waals surface area (Å²) < 4.78 is 11.0. The van der Waals surface area contributed by atoms with Crippen LogP contribution in [0, 0.1) is 0 Å². The summed E-state index contributed by atoms with van der Waals surface area (Å²) in [6, 6.07) is 10.2. The van der Waals surface area contributed by atoms with Crippen molar-refractivity contribution in [2.45, 2.75) is 0 Å². The summed E-state index contributed by atoms with van der Waals surface area (Å²) in [5.41, 5.74) is 7.29. The lowest BCUT2D eigenvalue weighted by atomic mass is 10.1. The summed E-state index contributed by atoms with van der Waals surface area (Å²) in [4.78, 5) is 12.3. The lowest BCUT2D eigenvalue weighted by Gasteiger charge is -2.11. The second-order valence-corrected chi connectivity index (χ2v) is 5.11. The lowest BCUT2D eigenvalue weighted by Crippen LogP contribution is -2.12. The van der Waals surface area contributed by atoms with Gasteiger partial charge in [0, 0.05) is 16.1 Å². The van der Waals surface area contributed by atoms with Crippen LogP contribution in [0.5, 0.6) is 11.5 Å². The number of ether oxygens (including phenoxy) is 2. The van der Waals surface area contributed by atoms with Crippen molar-refractivity contribution in [1.29, 1.82) is 0 Å². The maximum atomic E-state index is 12.3. The highest BCUT2D eigenvalue weighted by molar-refractivity contribution is 9.10. The second-order valence-electron chi connectivity index (χ2n) is 4.26. The van der Waals surface area contributed by atoms with Gasteiger partial charge in [-0.2, -0.15) is 0 Å². The monoisotopic (exact) mass is 350 g/mol. The van der Waals surface area contributed by atoms with Crippen molar-refractivity contribution < 1.29 is 14.3 Å². The zero-order valence-corrected chi connectivity index (χ0v) is 13.2. The predicted octanol–water partition coefficient (Wildman–Crippen LogP) is 3.30. The van der Waals surface area contributed by atoms with Crippen molar-refractivity contribution in [3.05, 3.63) is 46.4 Å². The van der Waals surface area contributed by atoms with Crippen LogP contribution >= 0.6 is 15.9 Å². The zero-order valence-electron chi connectivity index (χ0n) is 11.6. The number of carbonyl (C=O) groups is 1. The van der Waals surface area contributed by atoms with E-state index in [2.05, 4.69) is 21.2 Å². The first-order chi connectivity index (χ1) is 10.0. The van der Waals surface area contributed by atoms with E-state index in [-0.39, 0.29) is 5.91 Å². The molecule has 2 aromatic carbocycles. The molecule has 5 nitrogen and oxygen atoms in total. The fourth-order valence-electron chi connectivity index (χ4n) is 1.77. The second kappa shape index (κ2) is 6.49. The van der Waals surface area contributed by atoms with E-state index in [1.165, 1.54) is 7.11 Å². The molecule has 0 fully saturated rings. The van der Waals surface area contributed by atoms with Crippen molar-refractivity contribution in [3.63, 3.8) is 0 Å². The van der Waals surface area contributed by atoms with Gasteiger partial charge in [-0.25, -0.2) is 0 Å². The number of benzene rings is 2. The maximum Gasteiger partial charge on any atom is 0.255 e. The van der Waals surface area contributed by atoms with Crippen molar-refractivity contribution in [2.75, 3.05) is 25.3 Å². The van der Waals surface area contributed by atoms with E-state index in [1.54, 1.807) is 43.5 Å². The molecule has 0 saturated carbocycles. The highest BCUT2D eigenvalue weighted by Gasteiger charge is 2.11. The highest BCUT2D eigenvalue weighted by atomic mass is 79.9. The largest absolute Gasteiger partial charge is 0.497 e. The van der Waals surface area contributed by atoms with Crippen molar-refractivity contribution in [1.82, 2.24) is 0 Å². The Balaban J connectivity index is 2.25. The van der Waals surface area contributed by atoms with Crippen LogP contribution in [-0.4, -0.2) is 20.1 Å². The van der Waals surface area contributed by atoms with Crippen LogP contribution in [0.2, 0.25) is 0 Å². The van der Waals surface area contributed by atoms with Gasteiger partial charge in [0.1, 0.15) is 11.5 Å². The molecule has 110 valence electrons. The minimum Gasteiger partial charge on any atom is -0.497 e. The summed E-state index contributed by atoms with van der Waals surface area (Å²) in [5, 5.41) is 2.81. The minimum absolute atomic E-state index is 0.262. The molecule has 0 aromatic heterocycles. The number of nitrogens with two attached hydrogens (primary N) is 1. The molecule has 0 spiro atoms. The van der Waals surface area contributed by atoms with Gasteiger partial charge >= 0.3 is 0 Å². The molecular formula is C15H15BrN2O3. The predicted molar refractivity (Wildman–Crippen MR) is 86.1 cm³/mol. The molecule has 2 aromatic rings. The third-order valence-electron chi connectivity index (χ3n) is 2.92. The fraction of sp³-hybridized carbons (Fsp3) is 0.133. The first-order valence-electron chi connectivity index (χ1n) is 6.13. The molecule has 0 aliphatic rings. The number of halogens is 1. The van der Waals surface area contributed by atoms with Gasteiger partial charge in [-0.1, -0.05) is 0 Å². The van der Waals surface area contributed by atoms with Crippen molar-refractivity contribution >= 4 is 33.2 Å². The number of nitrogens with one attached hydrogen (secondary N) is 1. The molecule has 1 amide bonds. The molecule has 0 unspecified atom stereocenters. The van der Waals surface area contributed by atoms with E-state index in [4.69, 9.17) is 15.2 Å². The first-order valence-corrected chi connectivity index (χ1v) is 6.93. The van der Waals surface area contributed by atoms with E-state index >= 15 is 0 Å². The third kappa shape index (κ3) is 3.46. The number of hydrogen-bond donors (Lipinski definition) is 2. The summed E-state index contributed by atoms with van der Waals surface area (Å²) in [7, 11) is 3.08. The normalized spacial score (nSPS) is 10.0. The van der Waals surface area contributed by atoms with Crippen LogP contribution in [0.25, 0.3) is 0 Å². The summed E-state index contributed by atoms with van der Waals surface area (Å²) in [6.07, 6.45) is 0. The Kier molecular flexibility index (Phi) is 4.70. The van der Waals surface area contributed by atoms with Crippen LogP contribution in [0.4, 0.5) is 11.4 Å². The summed E-state index contributed by atoms with van der Waals surface area (Å²) in [5.74, 6) is 0.859. The molecule has 6 heteroatoms. The Morgan fingerprint density at radius 3 is 2.57 bits per heavy atom. The molecule has 2 rings (SSSR count). The average molecular weight is 351 g/mol. The zero-order chi connectivity index (χ0) is 15.4. The van der Waals surface area contributed by atoms with E-state index < -0.39 is 0 Å². The number of hydrogen-bond acceptors (Lipinski definition) is 4. The number of carbonyl (C=O) groups excluding carboxylic acids is 1. The number of amides is 1. The van der Waals surface area contributed by atoms with Gasteiger partial charge in [0.05, 0.1) is 25.6 Å². The standard InChI is InChI=1S/C15H15BrN2O3/c1-20-10-4-5-11(16)13(8-10)18-15(19)9-3-6-12(17)14(7-9)21-2/h3-8H,17H2,1-2H3,(H,18,19). The van der Waals surface area contributed by atoms with E-state index in [0.717, 1.165) is 4.47 Å². The Morgan fingerprint density at radius 1 is 1.14 bits per heavy atom. The van der Waals surface area contributed by atoms with Gasteiger partial charge in [-0.15, -0.1) is 0 Å². The van der Waals surface area contributed by atoms with Crippen LogP contribution in [-0.2, 0) is 0 Å². The molecule has 0 saturated heterocycles. The number of anilines is 2. The van der Waals surface area contributed by atoms with Gasteiger partial charge in [0.25, 0.3) is 5.91 Å². The van der Waals surface area contributed by atoms with Gasteiger partial charge in [0.2, 0.25) is 0 Å². The van der Waals surface area contributed by atoms with Crippen LogP contribution in [0.15, 0.2) is 40.9 Å². The smallest absolute Gasteiger partial charge is 0.255 e. The first kappa shape index (κ1) is 15.2. The molecule has 0 radical (unpaired) electrons. The minimum atomic E-state index is -0.262. The average Bonchev–Trinajstić information content (AvgIpc) is 2.49. The van der Waals surface area contributed by atoms with Crippen LogP contribution in [0.3, 0.4) is 0 Å². The van der Waals surface area contributed by atoms with Gasteiger partial charge in [0.15, 0.2) is 0 Å². The van der Waals surface area contributed by atoms with E-state index in [0.29, 0.717) is 28.4 Å². The molecule has 0 aliphatic carbocycles. The van der Waals surface area contributed by atoms with Crippen LogP contribution in [0.1, 0.15) is 10.4 Å². The third-order valence-corrected chi connectivity index (χ3v) is 3.61. The molecule has 0 heterocycles. The van der Waals surface area contributed by atoms with Crippen molar-refractivity contribution in [3.8, 4) is 11.5 Å². The maximum absolute atomic E-state index is 12.3. The quantitative estimate of drug-likeness (QED) is 0.829. The van der Waals surface area contributed by atoms with E-state index in [9.17, 15) is 4.79 Å². The Hall–Kier alpha value is -2.21. The molecule has 0 atom stereocenters. The van der Waals surface area contributed by atoms with Gasteiger partial charge in [-0.3, -0.25) is 4.79 Å². The number of methoxy groups -OCH3 is 2. The molecule has 21 heavy (non-hydrogen) atoms.